The monoisotopic (exact) mass is 334 g/mol. The lowest BCUT2D eigenvalue weighted by molar-refractivity contribution is 0.0954. The van der Waals surface area contributed by atoms with Crippen molar-refractivity contribution in [3.8, 4) is 0 Å². The van der Waals surface area contributed by atoms with Gasteiger partial charge in [-0.25, -0.2) is 4.39 Å². The molecule has 1 aromatic carbocycles. The van der Waals surface area contributed by atoms with Crippen molar-refractivity contribution in [1.29, 1.82) is 0 Å². The van der Waals surface area contributed by atoms with Crippen LogP contribution < -0.4 is 10.6 Å². The molecular formula is C13H17Cl2FN4O. The van der Waals surface area contributed by atoms with Gasteiger partial charge in [0.25, 0.3) is 5.91 Å². The fourth-order valence-electron chi connectivity index (χ4n) is 1.78. The molecule has 0 saturated carbocycles. The molecule has 0 atom stereocenters. The van der Waals surface area contributed by atoms with Gasteiger partial charge in [-0.3, -0.25) is 14.8 Å². The van der Waals surface area contributed by atoms with Crippen LogP contribution in [0.25, 0.3) is 11.0 Å². The zero-order valence-electron chi connectivity index (χ0n) is 11.4. The highest BCUT2D eigenvalue weighted by Gasteiger charge is 2.13. The number of rotatable bonds is 5. The summed E-state index contributed by atoms with van der Waals surface area (Å²) in [6, 6.07) is 2.45. The number of nitrogens with one attached hydrogen (secondary N) is 2. The van der Waals surface area contributed by atoms with Gasteiger partial charge in [0.15, 0.2) is 0 Å². The van der Waals surface area contributed by atoms with Crippen molar-refractivity contribution in [2.24, 2.45) is 0 Å². The van der Waals surface area contributed by atoms with E-state index < -0.39 is 5.82 Å². The van der Waals surface area contributed by atoms with Gasteiger partial charge in [-0.2, -0.15) is 0 Å². The second-order valence-electron chi connectivity index (χ2n) is 4.09. The molecule has 0 aliphatic heterocycles. The third kappa shape index (κ3) is 5.08. The van der Waals surface area contributed by atoms with E-state index in [1.807, 2.05) is 7.05 Å². The number of fused-ring (bicyclic) bond motifs is 1. The van der Waals surface area contributed by atoms with Gasteiger partial charge < -0.3 is 10.6 Å². The Kier molecular flexibility index (Phi) is 8.76. The lowest BCUT2D eigenvalue weighted by Crippen LogP contribution is -2.27. The maximum Gasteiger partial charge on any atom is 0.253 e. The first kappa shape index (κ1) is 19.5. The Morgan fingerprint density at radius 3 is 2.62 bits per heavy atom. The molecule has 0 bridgehead atoms. The van der Waals surface area contributed by atoms with Crippen LogP contribution in [0.3, 0.4) is 0 Å². The second-order valence-corrected chi connectivity index (χ2v) is 4.09. The molecule has 2 rings (SSSR count). The summed E-state index contributed by atoms with van der Waals surface area (Å²) in [6.07, 6.45) is 3.76. The summed E-state index contributed by atoms with van der Waals surface area (Å²) in [7, 11) is 1.84. The number of amides is 1. The highest BCUT2D eigenvalue weighted by atomic mass is 35.5. The second kappa shape index (κ2) is 9.44. The molecule has 0 fully saturated rings. The maximum absolute atomic E-state index is 13.4. The standard InChI is InChI=1S/C13H15FN4O.2ClH/c1-15-3-2-4-18-13(19)10-7-9(14)8-11-12(10)17-6-5-16-11;;/h5-8,15H,2-4H2,1H3,(H,18,19);2*1H. The number of aromatic nitrogens is 2. The summed E-state index contributed by atoms with van der Waals surface area (Å²) in [6.45, 7) is 1.34. The van der Waals surface area contributed by atoms with Gasteiger partial charge in [-0.1, -0.05) is 0 Å². The fourth-order valence-corrected chi connectivity index (χ4v) is 1.78. The SMILES string of the molecule is CNCCCNC(=O)c1cc(F)cc2nccnc12.Cl.Cl. The summed E-state index contributed by atoms with van der Waals surface area (Å²) in [5, 5.41) is 5.73. The van der Waals surface area contributed by atoms with Gasteiger partial charge >= 0.3 is 0 Å². The summed E-state index contributed by atoms with van der Waals surface area (Å²) >= 11 is 0. The number of hydrogen-bond donors (Lipinski definition) is 2. The molecule has 0 aliphatic carbocycles. The Morgan fingerprint density at radius 2 is 1.90 bits per heavy atom. The predicted molar refractivity (Wildman–Crippen MR) is 84.9 cm³/mol. The molecule has 1 amide bonds. The Morgan fingerprint density at radius 1 is 1.19 bits per heavy atom. The Hall–Kier alpha value is -1.50. The average molecular weight is 335 g/mol. The van der Waals surface area contributed by atoms with Crippen LogP contribution in [0.1, 0.15) is 16.8 Å². The van der Waals surface area contributed by atoms with Crippen molar-refractivity contribution in [3.63, 3.8) is 0 Å². The van der Waals surface area contributed by atoms with E-state index >= 15 is 0 Å². The number of halogens is 3. The maximum atomic E-state index is 13.4. The summed E-state index contributed by atoms with van der Waals surface area (Å²) in [5.41, 5.74) is 1.01. The third-order valence-corrected chi connectivity index (χ3v) is 2.67. The molecule has 8 heteroatoms. The van der Waals surface area contributed by atoms with Gasteiger partial charge in [-0.15, -0.1) is 24.8 Å². The molecule has 2 aromatic rings. The molecule has 2 N–H and O–H groups in total. The molecular weight excluding hydrogens is 318 g/mol. The van der Waals surface area contributed by atoms with Crippen LogP contribution in [0.5, 0.6) is 0 Å². The zero-order valence-corrected chi connectivity index (χ0v) is 13.1. The Bertz CT molecular complexity index is 597. The fraction of sp³-hybridized carbons (Fsp3) is 0.308. The minimum atomic E-state index is -0.492. The molecule has 1 aromatic heterocycles. The van der Waals surface area contributed by atoms with Gasteiger partial charge in [0.2, 0.25) is 0 Å². The van der Waals surface area contributed by atoms with Crippen LogP contribution in [0.4, 0.5) is 4.39 Å². The van der Waals surface area contributed by atoms with E-state index in [4.69, 9.17) is 0 Å². The lowest BCUT2D eigenvalue weighted by atomic mass is 10.1. The Labute approximate surface area is 134 Å². The predicted octanol–water partition coefficient (Wildman–Crippen LogP) is 1.95. The summed E-state index contributed by atoms with van der Waals surface area (Å²) in [4.78, 5) is 20.1. The number of nitrogens with zero attached hydrogens (tertiary/aromatic N) is 2. The Balaban J connectivity index is 0.00000200. The lowest BCUT2D eigenvalue weighted by Gasteiger charge is -2.07. The molecule has 0 radical (unpaired) electrons. The molecule has 0 unspecified atom stereocenters. The smallest absolute Gasteiger partial charge is 0.253 e. The van der Waals surface area contributed by atoms with E-state index in [-0.39, 0.29) is 36.3 Å². The number of hydrogen-bond acceptors (Lipinski definition) is 4. The quantitative estimate of drug-likeness (QED) is 0.820. The summed E-state index contributed by atoms with van der Waals surface area (Å²) < 4.78 is 13.4. The van der Waals surface area contributed by atoms with E-state index in [1.54, 1.807) is 0 Å². The van der Waals surface area contributed by atoms with Crippen molar-refractivity contribution in [1.82, 2.24) is 20.6 Å². The van der Waals surface area contributed by atoms with E-state index in [0.717, 1.165) is 13.0 Å². The minimum absolute atomic E-state index is 0. The van der Waals surface area contributed by atoms with Crippen LogP contribution in [-0.4, -0.2) is 36.0 Å². The molecule has 21 heavy (non-hydrogen) atoms. The first-order valence-corrected chi connectivity index (χ1v) is 6.05. The van der Waals surface area contributed by atoms with E-state index in [1.165, 1.54) is 24.5 Å². The minimum Gasteiger partial charge on any atom is -0.352 e. The first-order valence-electron chi connectivity index (χ1n) is 6.05. The van der Waals surface area contributed by atoms with Gasteiger partial charge in [0, 0.05) is 25.0 Å². The van der Waals surface area contributed by atoms with Crippen LogP contribution in [-0.2, 0) is 0 Å². The molecule has 116 valence electrons. The van der Waals surface area contributed by atoms with Crippen LogP contribution in [0, 0.1) is 5.82 Å². The highest BCUT2D eigenvalue weighted by Crippen LogP contribution is 2.16. The summed E-state index contributed by atoms with van der Waals surface area (Å²) in [5.74, 6) is -0.825. The van der Waals surface area contributed by atoms with E-state index in [9.17, 15) is 9.18 Å². The molecule has 5 nitrogen and oxygen atoms in total. The molecule has 0 spiro atoms. The first-order chi connectivity index (χ1) is 9.22. The third-order valence-electron chi connectivity index (χ3n) is 2.67. The highest BCUT2D eigenvalue weighted by molar-refractivity contribution is 6.04. The van der Waals surface area contributed by atoms with Crippen molar-refractivity contribution in [2.45, 2.75) is 6.42 Å². The molecule has 0 aliphatic rings. The topological polar surface area (TPSA) is 66.9 Å². The van der Waals surface area contributed by atoms with E-state index in [0.29, 0.717) is 17.6 Å². The molecule has 1 heterocycles. The van der Waals surface area contributed by atoms with Crippen molar-refractivity contribution in [2.75, 3.05) is 20.1 Å². The average Bonchev–Trinajstić information content (AvgIpc) is 2.42. The molecule has 0 saturated heterocycles. The number of carbonyl (C=O) groups excluding carboxylic acids is 1. The largest absolute Gasteiger partial charge is 0.352 e. The number of carbonyl (C=O) groups is 1. The van der Waals surface area contributed by atoms with Gasteiger partial charge in [0.05, 0.1) is 11.1 Å². The van der Waals surface area contributed by atoms with Gasteiger partial charge in [0.1, 0.15) is 11.3 Å². The van der Waals surface area contributed by atoms with Gasteiger partial charge in [-0.05, 0) is 26.1 Å². The van der Waals surface area contributed by atoms with Crippen LogP contribution in [0.15, 0.2) is 24.5 Å². The van der Waals surface area contributed by atoms with E-state index in [2.05, 4.69) is 20.6 Å². The van der Waals surface area contributed by atoms with Crippen molar-refractivity contribution in [3.05, 3.63) is 35.9 Å². The van der Waals surface area contributed by atoms with Crippen LogP contribution >= 0.6 is 24.8 Å². The normalized spacial score (nSPS) is 9.62. The van der Waals surface area contributed by atoms with Crippen molar-refractivity contribution < 1.29 is 9.18 Å². The number of benzene rings is 1. The van der Waals surface area contributed by atoms with Crippen LogP contribution in [0.2, 0.25) is 0 Å². The zero-order chi connectivity index (χ0) is 13.7. The van der Waals surface area contributed by atoms with Crippen molar-refractivity contribution >= 4 is 41.8 Å².